The number of hydrogen-bond acceptors (Lipinski definition) is 2. The molecular formula is C15H24N2O. The van der Waals surface area contributed by atoms with Crippen molar-refractivity contribution in [2.45, 2.75) is 52.6 Å². The highest BCUT2D eigenvalue weighted by Crippen LogP contribution is 2.15. The van der Waals surface area contributed by atoms with Crippen molar-refractivity contribution < 1.29 is 4.79 Å². The standard InChI is InChI=1S/C15H24N2O/c1-6-15(4,5)17-14(18)12(3)16-13-10-8-7-9-11(13)2/h7-10,12,16H,6H2,1-5H3,(H,17,18). The maximum absolute atomic E-state index is 12.1. The number of carbonyl (C=O) groups is 1. The topological polar surface area (TPSA) is 41.1 Å². The van der Waals surface area contributed by atoms with Crippen LogP contribution in [-0.4, -0.2) is 17.5 Å². The summed E-state index contributed by atoms with van der Waals surface area (Å²) in [6.07, 6.45) is 0.913. The second-order valence-electron chi connectivity index (χ2n) is 5.41. The Bertz CT molecular complexity index is 413. The Labute approximate surface area is 110 Å². The van der Waals surface area contributed by atoms with Gasteiger partial charge in [-0.25, -0.2) is 0 Å². The van der Waals surface area contributed by atoms with Crippen molar-refractivity contribution in [3.05, 3.63) is 29.8 Å². The molecule has 0 saturated carbocycles. The van der Waals surface area contributed by atoms with Crippen LogP contribution in [0.5, 0.6) is 0 Å². The monoisotopic (exact) mass is 248 g/mol. The molecule has 0 bridgehead atoms. The van der Waals surface area contributed by atoms with Crippen LogP contribution in [0, 0.1) is 6.92 Å². The van der Waals surface area contributed by atoms with Crippen LogP contribution in [-0.2, 0) is 4.79 Å². The molecule has 1 rings (SSSR count). The predicted octanol–water partition coefficient (Wildman–Crippen LogP) is 3.10. The van der Waals surface area contributed by atoms with E-state index in [-0.39, 0.29) is 17.5 Å². The first kappa shape index (κ1) is 14.6. The van der Waals surface area contributed by atoms with E-state index in [1.807, 2.05) is 52.0 Å². The van der Waals surface area contributed by atoms with Gasteiger partial charge in [0.05, 0.1) is 0 Å². The van der Waals surface area contributed by atoms with Gasteiger partial charge < -0.3 is 10.6 Å². The predicted molar refractivity (Wildman–Crippen MR) is 76.8 cm³/mol. The Morgan fingerprint density at radius 3 is 2.50 bits per heavy atom. The first-order valence-corrected chi connectivity index (χ1v) is 6.50. The Morgan fingerprint density at radius 2 is 1.94 bits per heavy atom. The summed E-state index contributed by atoms with van der Waals surface area (Å²) in [5, 5.41) is 6.29. The number of para-hydroxylation sites is 1. The van der Waals surface area contributed by atoms with Crippen molar-refractivity contribution in [2.24, 2.45) is 0 Å². The summed E-state index contributed by atoms with van der Waals surface area (Å²) in [6, 6.07) is 7.74. The largest absolute Gasteiger partial charge is 0.374 e. The Kier molecular flexibility index (Phi) is 4.76. The molecule has 1 amide bonds. The van der Waals surface area contributed by atoms with E-state index in [4.69, 9.17) is 0 Å². The molecule has 100 valence electrons. The minimum Gasteiger partial charge on any atom is -0.374 e. The molecule has 0 spiro atoms. The van der Waals surface area contributed by atoms with Gasteiger partial charge in [0.2, 0.25) is 5.91 Å². The first-order valence-electron chi connectivity index (χ1n) is 6.50. The number of hydrogen-bond donors (Lipinski definition) is 2. The number of amides is 1. The fourth-order valence-electron chi connectivity index (χ4n) is 1.56. The second-order valence-corrected chi connectivity index (χ2v) is 5.41. The molecule has 18 heavy (non-hydrogen) atoms. The summed E-state index contributed by atoms with van der Waals surface area (Å²) in [7, 11) is 0. The van der Waals surface area contributed by atoms with Crippen LogP contribution in [0.3, 0.4) is 0 Å². The van der Waals surface area contributed by atoms with Crippen LogP contribution in [0.4, 0.5) is 5.69 Å². The third kappa shape index (κ3) is 4.06. The van der Waals surface area contributed by atoms with Crippen LogP contribution >= 0.6 is 0 Å². The van der Waals surface area contributed by atoms with Crippen molar-refractivity contribution in [1.82, 2.24) is 5.32 Å². The van der Waals surface area contributed by atoms with Crippen LogP contribution in [0.15, 0.2) is 24.3 Å². The zero-order chi connectivity index (χ0) is 13.8. The number of aryl methyl sites for hydroxylation is 1. The lowest BCUT2D eigenvalue weighted by Gasteiger charge is -2.27. The van der Waals surface area contributed by atoms with E-state index in [1.165, 1.54) is 0 Å². The smallest absolute Gasteiger partial charge is 0.242 e. The summed E-state index contributed by atoms with van der Waals surface area (Å²) < 4.78 is 0. The summed E-state index contributed by atoms with van der Waals surface area (Å²) in [4.78, 5) is 12.1. The molecule has 1 atom stereocenters. The first-order chi connectivity index (χ1) is 8.35. The van der Waals surface area contributed by atoms with E-state index >= 15 is 0 Å². The minimum atomic E-state index is -0.239. The van der Waals surface area contributed by atoms with E-state index in [0.717, 1.165) is 17.7 Å². The SMILES string of the molecule is CCC(C)(C)NC(=O)C(C)Nc1ccccc1C. The highest BCUT2D eigenvalue weighted by Gasteiger charge is 2.21. The molecule has 2 N–H and O–H groups in total. The fourth-order valence-corrected chi connectivity index (χ4v) is 1.56. The molecule has 0 aliphatic carbocycles. The number of carbonyl (C=O) groups excluding carboxylic acids is 1. The molecular weight excluding hydrogens is 224 g/mol. The number of rotatable bonds is 5. The van der Waals surface area contributed by atoms with Gasteiger partial charge in [-0.05, 0) is 45.7 Å². The fraction of sp³-hybridized carbons (Fsp3) is 0.533. The summed E-state index contributed by atoms with van der Waals surface area (Å²) in [5.41, 5.74) is 2.00. The molecule has 1 aromatic rings. The third-order valence-electron chi connectivity index (χ3n) is 3.26. The van der Waals surface area contributed by atoms with Crippen LogP contribution in [0.2, 0.25) is 0 Å². The average molecular weight is 248 g/mol. The zero-order valence-corrected chi connectivity index (χ0v) is 12.0. The second kappa shape index (κ2) is 5.89. The highest BCUT2D eigenvalue weighted by atomic mass is 16.2. The van der Waals surface area contributed by atoms with E-state index in [1.54, 1.807) is 0 Å². The van der Waals surface area contributed by atoms with Gasteiger partial charge in [-0.1, -0.05) is 25.1 Å². The zero-order valence-electron chi connectivity index (χ0n) is 12.0. The van der Waals surface area contributed by atoms with Crippen molar-refractivity contribution in [2.75, 3.05) is 5.32 Å². The summed E-state index contributed by atoms with van der Waals surface area (Å²) in [6.45, 7) is 10.0. The Balaban J connectivity index is 2.63. The molecule has 0 aliphatic rings. The van der Waals surface area contributed by atoms with Gasteiger partial charge in [0.15, 0.2) is 0 Å². The molecule has 0 saturated heterocycles. The van der Waals surface area contributed by atoms with Crippen molar-refractivity contribution in [1.29, 1.82) is 0 Å². The van der Waals surface area contributed by atoms with Gasteiger partial charge in [-0.15, -0.1) is 0 Å². The normalized spacial score (nSPS) is 12.9. The highest BCUT2D eigenvalue weighted by molar-refractivity contribution is 5.85. The van der Waals surface area contributed by atoms with E-state index in [0.29, 0.717) is 0 Å². The minimum absolute atomic E-state index is 0.0325. The van der Waals surface area contributed by atoms with Gasteiger partial charge in [-0.2, -0.15) is 0 Å². The lowest BCUT2D eigenvalue weighted by molar-refractivity contribution is -0.123. The Morgan fingerprint density at radius 1 is 1.33 bits per heavy atom. The number of nitrogens with one attached hydrogen (secondary N) is 2. The maximum atomic E-state index is 12.1. The molecule has 0 radical (unpaired) electrons. The summed E-state index contributed by atoms with van der Waals surface area (Å²) in [5.74, 6) is 0.0325. The van der Waals surface area contributed by atoms with Crippen LogP contribution in [0.1, 0.15) is 39.7 Å². The molecule has 0 fully saturated rings. The third-order valence-corrected chi connectivity index (χ3v) is 3.26. The van der Waals surface area contributed by atoms with E-state index < -0.39 is 0 Å². The lowest BCUT2D eigenvalue weighted by Crippen LogP contribution is -2.48. The molecule has 1 aromatic carbocycles. The van der Waals surface area contributed by atoms with Crippen molar-refractivity contribution in [3.63, 3.8) is 0 Å². The molecule has 0 aromatic heterocycles. The van der Waals surface area contributed by atoms with E-state index in [9.17, 15) is 4.79 Å². The summed E-state index contributed by atoms with van der Waals surface area (Å²) >= 11 is 0. The molecule has 3 heteroatoms. The molecule has 0 aliphatic heterocycles. The van der Waals surface area contributed by atoms with Crippen molar-refractivity contribution in [3.8, 4) is 0 Å². The lowest BCUT2D eigenvalue weighted by atomic mass is 10.0. The molecule has 1 unspecified atom stereocenters. The van der Waals surface area contributed by atoms with Gasteiger partial charge >= 0.3 is 0 Å². The van der Waals surface area contributed by atoms with Crippen LogP contribution < -0.4 is 10.6 Å². The van der Waals surface area contributed by atoms with E-state index in [2.05, 4.69) is 17.6 Å². The molecule has 0 heterocycles. The van der Waals surface area contributed by atoms with Gasteiger partial charge in [-0.3, -0.25) is 4.79 Å². The van der Waals surface area contributed by atoms with Crippen LogP contribution in [0.25, 0.3) is 0 Å². The maximum Gasteiger partial charge on any atom is 0.242 e. The van der Waals surface area contributed by atoms with Gasteiger partial charge in [0.25, 0.3) is 0 Å². The Hall–Kier alpha value is -1.51. The van der Waals surface area contributed by atoms with Gasteiger partial charge in [0.1, 0.15) is 6.04 Å². The average Bonchev–Trinajstić information content (AvgIpc) is 2.31. The molecule has 3 nitrogen and oxygen atoms in total. The number of anilines is 1. The van der Waals surface area contributed by atoms with Gasteiger partial charge in [0, 0.05) is 11.2 Å². The quantitative estimate of drug-likeness (QED) is 0.840. The van der Waals surface area contributed by atoms with Crippen molar-refractivity contribution >= 4 is 11.6 Å². The number of benzene rings is 1.